The molecule has 0 saturated heterocycles. The van der Waals surface area contributed by atoms with Crippen LogP contribution < -0.4 is 10.6 Å². The van der Waals surface area contributed by atoms with Gasteiger partial charge in [-0.1, -0.05) is 0 Å². The molecule has 0 amide bonds. The molecule has 2 N–H and O–H groups in total. The quantitative estimate of drug-likeness (QED) is 0.738. The fourth-order valence-corrected chi connectivity index (χ4v) is 1.18. The van der Waals surface area contributed by atoms with Crippen molar-refractivity contribution in [3.63, 3.8) is 0 Å². The number of anilines is 1. The maximum Gasteiger partial charge on any atom is 0.132 e. The third-order valence-corrected chi connectivity index (χ3v) is 1.71. The molecule has 1 aromatic rings. The van der Waals surface area contributed by atoms with Gasteiger partial charge in [0.25, 0.3) is 0 Å². The van der Waals surface area contributed by atoms with Crippen LogP contribution in [-0.2, 0) is 0 Å². The number of aryl methyl sites for hydroxylation is 1. The van der Waals surface area contributed by atoms with Gasteiger partial charge in [-0.05, 0) is 19.9 Å². The molecule has 0 radical (unpaired) electrons. The van der Waals surface area contributed by atoms with Crippen LogP contribution in [-0.4, -0.2) is 29.6 Å². The summed E-state index contributed by atoms with van der Waals surface area (Å²) in [7, 11) is 1.98. The van der Waals surface area contributed by atoms with Crippen LogP contribution in [0.15, 0.2) is 12.3 Å². The summed E-state index contributed by atoms with van der Waals surface area (Å²) >= 11 is 0. The van der Waals surface area contributed by atoms with E-state index in [-0.39, 0.29) is 6.04 Å². The van der Waals surface area contributed by atoms with E-state index in [4.69, 9.17) is 5.73 Å². The summed E-state index contributed by atoms with van der Waals surface area (Å²) in [5.74, 6) is 1.71. The monoisotopic (exact) mass is 180 g/mol. The van der Waals surface area contributed by atoms with E-state index < -0.39 is 0 Å². The van der Waals surface area contributed by atoms with Crippen molar-refractivity contribution in [1.82, 2.24) is 9.97 Å². The Kier molecular flexibility index (Phi) is 3.19. The smallest absolute Gasteiger partial charge is 0.132 e. The molecule has 1 rings (SSSR count). The van der Waals surface area contributed by atoms with Crippen molar-refractivity contribution in [1.29, 1.82) is 0 Å². The number of nitrogens with two attached hydrogens (primary N) is 1. The van der Waals surface area contributed by atoms with Crippen LogP contribution in [0.4, 0.5) is 5.82 Å². The lowest BCUT2D eigenvalue weighted by molar-refractivity contribution is 0.710. The first-order valence-electron chi connectivity index (χ1n) is 4.36. The topological polar surface area (TPSA) is 55.0 Å². The first-order chi connectivity index (χ1) is 6.09. The fraction of sp³-hybridized carbons (Fsp3) is 0.556. The van der Waals surface area contributed by atoms with Crippen LogP contribution >= 0.6 is 0 Å². The molecule has 0 fully saturated rings. The number of hydrogen-bond donors (Lipinski definition) is 1. The highest BCUT2D eigenvalue weighted by Gasteiger charge is 2.04. The zero-order valence-corrected chi connectivity index (χ0v) is 8.36. The standard InChI is InChI=1S/C9H16N4/c1-7(10)6-13(3)9-4-5-11-8(2)12-9/h4-5,7H,6,10H2,1-3H3. The molecule has 4 heteroatoms. The molecular formula is C9H16N4. The highest BCUT2D eigenvalue weighted by Crippen LogP contribution is 2.06. The van der Waals surface area contributed by atoms with Crippen LogP contribution in [0.5, 0.6) is 0 Å². The largest absolute Gasteiger partial charge is 0.358 e. The average Bonchev–Trinajstić information content (AvgIpc) is 2.03. The van der Waals surface area contributed by atoms with Crippen LogP contribution in [0.3, 0.4) is 0 Å². The fourth-order valence-electron chi connectivity index (χ4n) is 1.18. The van der Waals surface area contributed by atoms with Crippen LogP contribution in [0.2, 0.25) is 0 Å². The zero-order valence-electron chi connectivity index (χ0n) is 8.36. The lowest BCUT2D eigenvalue weighted by Gasteiger charge is -2.20. The lowest BCUT2D eigenvalue weighted by atomic mass is 10.3. The highest BCUT2D eigenvalue weighted by atomic mass is 15.2. The molecule has 72 valence electrons. The molecule has 1 heterocycles. The van der Waals surface area contributed by atoms with Gasteiger partial charge >= 0.3 is 0 Å². The van der Waals surface area contributed by atoms with Crippen LogP contribution in [0, 0.1) is 6.92 Å². The number of aromatic nitrogens is 2. The van der Waals surface area contributed by atoms with Gasteiger partial charge in [-0.3, -0.25) is 0 Å². The third-order valence-electron chi connectivity index (χ3n) is 1.71. The van der Waals surface area contributed by atoms with Crippen molar-refractivity contribution in [3.05, 3.63) is 18.1 Å². The Morgan fingerprint density at radius 2 is 2.31 bits per heavy atom. The molecule has 0 saturated carbocycles. The second-order valence-corrected chi connectivity index (χ2v) is 3.32. The number of nitrogens with zero attached hydrogens (tertiary/aromatic N) is 3. The van der Waals surface area contributed by atoms with Crippen molar-refractivity contribution in [2.24, 2.45) is 5.73 Å². The molecule has 1 unspecified atom stereocenters. The zero-order chi connectivity index (χ0) is 9.84. The first-order valence-corrected chi connectivity index (χ1v) is 4.36. The normalized spacial score (nSPS) is 12.6. The Balaban J connectivity index is 2.71. The first kappa shape index (κ1) is 9.92. The molecule has 0 aliphatic heterocycles. The van der Waals surface area contributed by atoms with E-state index in [1.807, 2.05) is 31.9 Å². The molecule has 13 heavy (non-hydrogen) atoms. The van der Waals surface area contributed by atoms with E-state index >= 15 is 0 Å². The number of hydrogen-bond acceptors (Lipinski definition) is 4. The van der Waals surface area contributed by atoms with Crippen molar-refractivity contribution >= 4 is 5.82 Å². The van der Waals surface area contributed by atoms with Gasteiger partial charge in [-0.25, -0.2) is 9.97 Å². The van der Waals surface area contributed by atoms with Gasteiger partial charge in [0.15, 0.2) is 0 Å². The Morgan fingerprint density at radius 3 is 2.85 bits per heavy atom. The summed E-state index contributed by atoms with van der Waals surface area (Å²) in [6.45, 7) is 4.66. The van der Waals surface area contributed by atoms with Gasteiger partial charge in [0.1, 0.15) is 11.6 Å². The van der Waals surface area contributed by atoms with Gasteiger partial charge in [0.05, 0.1) is 0 Å². The molecule has 0 spiro atoms. The van der Waals surface area contributed by atoms with E-state index in [2.05, 4.69) is 9.97 Å². The summed E-state index contributed by atoms with van der Waals surface area (Å²) in [6.07, 6.45) is 1.76. The van der Waals surface area contributed by atoms with Gasteiger partial charge < -0.3 is 10.6 Å². The summed E-state index contributed by atoms with van der Waals surface area (Å²) in [5.41, 5.74) is 5.68. The Labute approximate surface area is 78.8 Å². The van der Waals surface area contributed by atoms with Crippen LogP contribution in [0.25, 0.3) is 0 Å². The molecule has 1 aromatic heterocycles. The Hall–Kier alpha value is -1.16. The average molecular weight is 180 g/mol. The molecule has 1 atom stereocenters. The van der Waals surface area contributed by atoms with Gasteiger partial charge in [0.2, 0.25) is 0 Å². The van der Waals surface area contributed by atoms with Crippen LogP contribution in [0.1, 0.15) is 12.7 Å². The highest BCUT2D eigenvalue weighted by molar-refractivity contribution is 5.36. The van der Waals surface area contributed by atoms with Crippen molar-refractivity contribution in [2.45, 2.75) is 19.9 Å². The van der Waals surface area contributed by atoms with E-state index in [9.17, 15) is 0 Å². The SMILES string of the molecule is Cc1nccc(N(C)CC(C)N)n1. The minimum atomic E-state index is 0.153. The number of likely N-dealkylation sites (N-methyl/N-ethyl adjacent to an activating group) is 1. The third kappa shape index (κ3) is 2.99. The minimum absolute atomic E-state index is 0.153. The maximum atomic E-state index is 5.68. The molecule has 0 aliphatic carbocycles. The van der Waals surface area contributed by atoms with E-state index in [1.165, 1.54) is 0 Å². The summed E-state index contributed by atoms with van der Waals surface area (Å²) < 4.78 is 0. The van der Waals surface area contributed by atoms with Crippen molar-refractivity contribution < 1.29 is 0 Å². The predicted octanol–water partition coefficient (Wildman–Crippen LogP) is 0.568. The Morgan fingerprint density at radius 1 is 1.62 bits per heavy atom. The molecule has 0 aromatic carbocycles. The lowest BCUT2D eigenvalue weighted by Crippen LogP contribution is -2.33. The Bertz CT molecular complexity index is 272. The van der Waals surface area contributed by atoms with Gasteiger partial charge in [-0.2, -0.15) is 0 Å². The van der Waals surface area contributed by atoms with Crippen molar-refractivity contribution in [2.75, 3.05) is 18.5 Å². The maximum absolute atomic E-state index is 5.68. The molecular weight excluding hydrogens is 164 g/mol. The molecule has 4 nitrogen and oxygen atoms in total. The second-order valence-electron chi connectivity index (χ2n) is 3.32. The molecule has 0 aliphatic rings. The van der Waals surface area contributed by atoms with E-state index in [1.54, 1.807) is 6.20 Å². The molecule has 0 bridgehead atoms. The van der Waals surface area contributed by atoms with Gasteiger partial charge in [0, 0.05) is 25.8 Å². The second kappa shape index (κ2) is 4.18. The minimum Gasteiger partial charge on any atom is -0.358 e. The summed E-state index contributed by atoms with van der Waals surface area (Å²) in [5, 5.41) is 0. The van der Waals surface area contributed by atoms with E-state index in [0.717, 1.165) is 18.2 Å². The summed E-state index contributed by atoms with van der Waals surface area (Å²) in [6, 6.07) is 2.04. The number of rotatable bonds is 3. The van der Waals surface area contributed by atoms with E-state index in [0.29, 0.717) is 0 Å². The van der Waals surface area contributed by atoms with Gasteiger partial charge in [-0.15, -0.1) is 0 Å². The summed E-state index contributed by atoms with van der Waals surface area (Å²) in [4.78, 5) is 10.3. The predicted molar refractivity (Wildman–Crippen MR) is 53.7 cm³/mol. The van der Waals surface area contributed by atoms with Crippen molar-refractivity contribution in [3.8, 4) is 0 Å².